The highest BCUT2D eigenvalue weighted by Gasteiger charge is 2.28. The van der Waals surface area contributed by atoms with Gasteiger partial charge in [0.2, 0.25) is 5.91 Å². The zero-order chi connectivity index (χ0) is 17.5. The van der Waals surface area contributed by atoms with Gasteiger partial charge >= 0.3 is 0 Å². The van der Waals surface area contributed by atoms with Crippen LogP contribution in [0.5, 0.6) is 0 Å². The van der Waals surface area contributed by atoms with Crippen LogP contribution in [0, 0.1) is 5.41 Å². The van der Waals surface area contributed by atoms with E-state index >= 15 is 0 Å². The quantitative estimate of drug-likeness (QED) is 0.279. The maximum Gasteiger partial charge on any atom is 0.225 e. The van der Waals surface area contributed by atoms with E-state index in [0.29, 0.717) is 19.1 Å². The third kappa shape index (κ3) is 7.13. The summed E-state index contributed by atoms with van der Waals surface area (Å²) in [5.74, 6) is 1.02. The number of rotatable bonds is 6. The molecule has 0 aromatic rings. The minimum atomic E-state index is -0.340. The molecule has 2 N–H and O–H groups in total. The van der Waals surface area contributed by atoms with Crippen molar-refractivity contribution < 1.29 is 4.79 Å². The Morgan fingerprint density at radius 3 is 2.29 bits per heavy atom. The first kappa shape index (κ1) is 23.4. The minimum Gasteiger partial charge on any atom is -0.354 e. The van der Waals surface area contributed by atoms with E-state index < -0.39 is 0 Å². The van der Waals surface area contributed by atoms with E-state index in [9.17, 15) is 4.79 Å². The first-order valence-electron chi connectivity index (χ1n) is 8.81. The molecule has 1 atom stereocenters. The summed E-state index contributed by atoms with van der Waals surface area (Å²) in [6.07, 6.45) is 1.18. The van der Waals surface area contributed by atoms with Crippen molar-refractivity contribution in [3.8, 4) is 0 Å². The standard InChI is InChI=1S/C17H35N5O.HI/c1-7-21(8-2)14-9-12-22(13-14)16(18-6)20-11-10-19-15(23)17(3,4)5;/h14H,7-13H2,1-6H3,(H,18,20)(H,19,23);1H. The molecule has 6 nitrogen and oxygen atoms in total. The summed E-state index contributed by atoms with van der Waals surface area (Å²) < 4.78 is 0. The third-order valence-electron chi connectivity index (χ3n) is 4.38. The van der Waals surface area contributed by atoms with Crippen molar-refractivity contribution in [2.24, 2.45) is 10.4 Å². The zero-order valence-electron chi connectivity index (χ0n) is 16.2. The second-order valence-electron chi connectivity index (χ2n) is 7.09. The fraction of sp³-hybridized carbons (Fsp3) is 0.882. The van der Waals surface area contributed by atoms with E-state index in [1.165, 1.54) is 6.42 Å². The molecule has 7 heteroatoms. The number of hydrogen-bond donors (Lipinski definition) is 2. The molecule has 1 unspecified atom stereocenters. The van der Waals surface area contributed by atoms with Crippen LogP contribution in [0.15, 0.2) is 4.99 Å². The molecular formula is C17H36IN5O. The van der Waals surface area contributed by atoms with Crippen molar-refractivity contribution in [2.75, 3.05) is 46.3 Å². The van der Waals surface area contributed by atoms with Gasteiger partial charge in [-0.15, -0.1) is 24.0 Å². The molecule has 0 aromatic heterocycles. The van der Waals surface area contributed by atoms with Crippen LogP contribution in [0.3, 0.4) is 0 Å². The molecule has 0 spiro atoms. The lowest BCUT2D eigenvalue weighted by Gasteiger charge is -2.27. The molecule has 0 aliphatic carbocycles. The average Bonchev–Trinajstić information content (AvgIpc) is 2.97. The molecule has 1 saturated heterocycles. The van der Waals surface area contributed by atoms with E-state index in [4.69, 9.17) is 0 Å². The van der Waals surface area contributed by atoms with Crippen LogP contribution in [-0.4, -0.2) is 74.0 Å². The van der Waals surface area contributed by atoms with Crippen LogP contribution >= 0.6 is 24.0 Å². The summed E-state index contributed by atoms with van der Waals surface area (Å²) in [4.78, 5) is 21.0. The Hall–Kier alpha value is -0.570. The van der Waals surface area contributed by atoms with Gasteiger partial charge in [-0.3, -0.25) is 14.7 Å². The van der Waals surface area contributed by atoms with Gasteiger partial charge in [0, 0.05) is 44.7 Å². The number of carbonyl (C=O) groups excluding carboxylic acids is 1. The van der Waals surface area contributed by atoms with Gasteiger partial charge in [0.25, 0.3) is 0 Å². The number of nitrogens with one attached hydrogen (secondary N) is 2. The third-order valence-corrected chi connectivity index (χ3v) is 4.38. The number of nitrogens with zero attached hydrogens (tertiary/aromatic N) is 3. The fourth-order valence-corrected chi connectivity index (χ4v) is 2.92. The lowest BCUT2D eigenvalue weighted by Crippen LogP contribution is -2.46. The SMILES string of the molecule is CCN(CC)C1CCN(C(=NC)NCCNC(=O)C(C)(C)C)C1.I. The van der Waals surface area contributed by atoms with Crippen molar-refractivity contribution in [3.05, 3.63) is 0 Å². The Morgan fingerprint density at radius 2 is 1.79 bits per heavy atom. The van der Waals surface area contributed by atoms with Gasteiger partial charge in [-0.1, -0.05) is 34.6 Å². The number of carbonyl (C=O) groups is 1. The number of halogens is 1. The summed E-state index contributed by atoms with van der Waals surface area (Å²) in [6.45, 7) is 15.8. The Labute approximate surface area is 164 Å². The van der Waals surface area contributed by atoms with E-state index in [2.05, 4.69) is 39.3 Å². The summed E-state index contributed by atoms with van der Waals surface area (Å²) in [6, 6.07) is 0.615. The number of hydrogen-bond acceptors (Lipinski definition) is 3. The lowest BCUT2D eigenvalue weighted by atomic mass is 9.96. The van der Waals surface area contributed by atoms with Crippen LogP contribution in [0.1, 0.15) is 41.0 Å². The van der Waals surface area contributed by atoms with Gasteiger partial charge < -0.3 is 15.5 Å². The highest BCUT2D eigenvalue weighted by Crippen LogP contribution is 2.15. The van der Waals surface area contributed by atoms with Gasteiger partial charge in [-0.25, -0.2) is 0 Å². The number of guanidine groups is 1. The zero-order valence-corrected chi connectivity index (χ0v) is 18.5. The molecule has 0 bridgehead atoms. The summed E-state index contributed by atoms with van der Waals surface area (Å²) in [5, 5.41) is 6.31. The molecule has 1 amide bonds. The summed E-state index contributed by atoms with van der Waals surface area (Å²) >= 11 is 0. The molecule has 1 aliphatic rings. The predicted octanol–water partition coefficient (Wildman–Crippen LogP) is 1.76. The van der Waals surface area contributed by atoms with Crippen molar-refractivity contribution in [2.45, 2.75) is 47.1 Å². The van der Waals surface area contributed by atoms with Crippen molar-refractivity contribution >= 4 is 35.8 Å². The normalized spacial score (nSPS) is 18.5. The Balaban J connectivity index is 0.00000529. The molecule has 24 heavy (non-hydrogen) atoms. The van der Waals surface area contributed by atoms with Gasteiger partial charge in [-0.05, 0) is 19.5 Å². The number of likely N-dealkylation sites (tertiary alicyclic amines) is 1. The van der Waals surface area contributed by atoms with Crippen LogP contribution in [0.25, 0.3) is 0 Å². The van der Waals surface area contributed by atoms with Gasteiger partial charge in [0.1, 0.15) is 0 Å². The van der Waals surface area contributed by atoms with E-state index in [0.717, 1.165) is 32.1 Å². The number of aliphatic imine (C=N–C) groups is 1. The van der Waals surface area contributed by atoms with E-state index in [1.807, 2.05) is 27.8 Å². The van der Waals surface area contributed by atoms with Crippen LogP contribution in [-0.2, 0) is 4.79 Å². The predicted molar refractivity (Wildman–Crippen MR) is 112 cm³/mol. The lowest BCUT2D eigenvalue weighted by molar-refractivity contribution is -0.128. The van der Waals surface area contributed by atoms with Gasteiger partial charge in [-0.2, -0.15) is 0 Å². The topological polar surface area (TPSA) is 60.0 Å². The smallest absolute Gasteiger partial charge is 0.225 e. The van der Waals surface area contributed by atoms with E-state index in [-0.39, 0.29) is 35.3 Å². The fourth-order valence-electron chi connectivity index (χ4n) is 2.92. The maximum atomic E-state index is 11.8. The largest absolute Gasteiger partial charge is 0.354 e. The molecule has 1 aliphatic heterocycles. The molecule has 1 fully saturated rings. The Bertz CT molecular complexity index is 404. The molecule has 1 rings (SSSR count). The highest BCUT2D eigenvalue weighted by molar-refractivity contribution is 14.0. The number of likely N-dealkylation sites (N-methyl/N-ethyl adjacent to an activating group) is 1. The molecule has 0 saturated carbocycles. The molecule has 1 heterocycles. The van der Waals surface area contributed by atoms with Crippen LogP contribution in [0.2, 0.25) is 0 Å². The van der Waals surface area contributed by atoms with Crippen LogP contribution < -0.4 is 10.6 Å². The Morgan fingerprint density at radius 1 is 1.21 bits per heavy atom. The second-order valence-corrected chi connectivity index (χ2v) is 7.09. The average molecular weight is 453 g/mol. The number of amides is 1. The molecular weight excluding hydrogens is 417 g/mol. The summed E-state index contributed by atoms with van der Waals surface area (Å²) in [7, 11) is 1.82. The maximum absolute atomic E-state index is 11.8. The Kier molecular flexibility index (Phi) is 10.9. The highest BCUT2D eigenvalue weighted by atomic mass is 127. The van der Waals surface area contributed by atoms with Crippen molar-refractivity contribution in [1.29, 1.82) is 0 Å². The molecule has 0 radical (unpaired) electrons. The molecule has 142 valence electrons. The van der Waals surface area contributed by atoms with Gasteiger partial charge in [0.15, 0.2) is 5.96 Å². The first-order valence-corrected chi connectivity index (χ1v) is 8.81. The van der Waals surface area contributed by atoms with Crippen molar-refractivity contribution in [1.82, 2.24) is 20.4 Å². The van der Waals surface area contributed by atoms with Crippen molar-refractivity contribution in [3.63, 3.8) is 0 Å². The van der Waals surface area contributed by atoms with Gasteiger partial charge in [0.05, 0.1) is 0 Å². The molecule has 0 aromatic carbocycles. The first-order chi connectivity index (χ1) is 10.8. The monoisotopic (exact) mass is 453 g/mol. The van der Waals surface area contributed by atoms with E-state index in [1.54, 1.807) is 0 Å². The van der Waals surface area contributed by atoms with Crippen LogP contribution in [0.4, 0.5) is 0 Å². The minimum absolute atomic E-state index is 0. The second kappa shape index (κ2) is 11.1. The summed E-state index contributed by atoms with van der Waals surface area (Å²) in [5.41, 5.74) is -0.340.